The molecular formula is C18H14F6N6O. The van der Waals surface area contributed by atoms with Gasteiger partial charge in [0.25, 0.3) is 0 Å². The van der Waals surface area contributed by atoms with E-state index >= 15 is 0 Å². The fourth-order valence-corrected chi connectivity index (χ4v) is 3.42. The van der Waals surface area contributed by atoms with Crippen molar-refractivity contribution in [1.29, 1.82) is 0 Å². The maximum absolute atomic E-state index is 14.5. The summed E-state index contributed by atoms with van der Waals surface area (Å²) in [4.78, 5) is 27.7. The van der Waals surface area contributed by atoms with Gasteiger partial charge in [-0.25, -0.2) is 28.1 Å². The molecule has 4 rings (SSSR count). The summed E-state index contributed by atoms with van der Waals surface area (Å²) in [6.45, 7) is -2.04. The van der Waals surface area contributed by atoms with Crippen LogP contribution < -0.4 is 10.2 Å². The summed E-state index contributed by atoms with van der Waals surface area (Å²) in [6, 6.07) is -0.224. The monoisotopic (exact) mass is 444 g/mol. The molecule has 3 aromatic heterocycles. The second-order valence-corrected chi connectivity index (χ2v) is 6.95. The van der Waals surface area contributed by atoms with Gasteiger partial charge in [-0.05, 0) is 6.07 Å². The van der Waals surface area contributed by atoms with Crippen molar-refractivity contribution in [3.63, 3.8) is 0 Å². The Hall–Kier alpha value is -3.38. The standard InChI is InChI=1S/C18H14F6N6O/c19-8-1-10-11(4-26-14(10)25-3-8)15-27-5-12(21)16(29-15)30-6-9(20)2-13(30)17(31)28-7-18(22,23)24/h1,3-5,9,13H,2,6-7H2,(H,25,26)(H,28,31)/t9-,13-/m1/s1. The number of hydrogen-bond donors (Lipinski definition) is 2. The largest absolute Gasteiger partial charge is 0.405 e. The molecule has 13 heteroatoms. The quantitative estimate of drug-likeness (QED) is 0.605. The van der Waals surface area contributed by atoms with E-state index in [1.165, 1.54) is 12.3 Å². The number of H-pyrrole nitrogens is 1. The first-order chi connectivity index (χ1) is 14.6. The molecule has 3 aromatic rings. The molecule has 164 valence electrons. The lowest BCUT2D eigenvalue weighted by Crippen LogP contribution is -2.46. The van der Waals surface area contributed by atoms with Crippen molar-refractivity contribution >= 4 is 22.8 Å². The molecule has 1 amide bonds. The number of amides is 1. The normalized spacial score (nSPS) is 19.2. The first-order valence-electron chi connectivity index (χ1n) is 9.03. The van der Waals surface area contributed by atoms with Gasteiger partial charge in [0.15, 0.2) is 17.5 Å². The van der Waals surface area contributed by atoms with Gasteiger partial charge in [0.05, 0.1) is 18.9 Å². The summed E-state index contributed by atoms with van der Waals surface area (Å²) in [5.41, 5.74) is 0.595. The molecule has 0 aromatic carbocycles. The first kappa shape index (κ1) is 20.9. The van der Waals surface area contributed by atoms with Crippen molar-refractivity contribution in [3.05, 3.63) is 36.3 Å². The number of fused-ring (bicyclic) bond motifs is 1. The number of aromatic amines is 1. The molecule has 0 bridgehead atoms. The van der Waals surface area contributed by atoms with Crippen LogP contribution in [-0.4, -0.2) is 57.3 Å². The summed E-state index contributed by atoms with van der Waals surface area (Å²) in [7, 11) is 0. The summed E-state index contributed by atoms with van der Waals surface area (Å²) < 4.78 is 79.4. The Balaban J connectivity index is 1.68. The lowest BCUT2D eigenvalue weighted by molar-refractivity contribution is -0.139. The highest BCUT2D eigenvalue weighted by molar-refractivity contribution is 5.92. The number of hydrogen-bond acceptors (Lipinski definition) is 5. The Morgan fingerprint density at radius 3 is 2.77 bits per heavy atom. The average Bonchev–Trinajstić information content (AvgIpc) is 3.29. The number of anilines is 1. The lowest BCUT2D eigenvalue weighted by Gasteiger charge is -2.25. The molecule has 0 unspecified atom stereocenters. The number of carbonyl (C=O) groups is 1. The smallest absolute Gasteiger partial charge is 0.345 e. The fraction of sp³-hybridized carbons (Fsp3) is 0.333. The third-order valence-corrected chi connectivity index (χ3v) is 4.75. The SMILES string of the molecule is O=C(NCC(F)(F)F)[C@H]1C[C@@H](F)CN1c1nc(-c2c[nH]c3ncc(F)cc23)ncc1F. The minimum absolute atomic E-state index is 0.0631. The van der Waals surface area contributed by atoms with Crippen molar-refractivity contribution in [2.75, 3.05) is 18.0 Å². The van der Waals surface area contributed by atoms with Crippen LogP contribution in [0.1, 0.15) is 6.42 Å². The third-order valence-electron chi connectivity index (χ3n) is 4.75. The predicted molar refractivity (Wildman–Crippen MR) is 96.7 cm³/mol. The molecule has 0 spiro atoms. The van der Waals surface area contributed by atoms with E-state index in [9.17, 15) is 31.1 Å². The van der Waals surface area contributed by atoms with E-state index in [0.29, 0.717) is 11.0 Å². The predicted octanol–water partition coefficient (Wildman–Crippen LogP) is 2.89. The molecular weight excluding hydrogens is 430 g/mol. The van der Waals surface area contributed by atoms with E-state index in [0.717, 1.165) is 17.3 Å². The topological polar surface area (TPSA) is 86.8 Å². The zero-order valence-corrected chi connectivity index (χ0v) is 15.6. The Labute approximate surface area is 170 Å². The highest BCUT2D eigenvalue weighted by Crippen LogP contribution is 2.31. The van der Waals surface area contributed by atoms with Gasteiger partial charge < -0.3 is 15.2 Å². The van der Waals surface area contributed by atoms with Crippen molar-refractivity contribution in [3.8, 4) is 11.4 Å². The van der Waals surface area contributed by atoms with Crippen LogP contribution in [0.5, 0.6) is 0 Å². The van der Waals surface area contributed by atoms with Crippen LogP contribution in [0.15, 0.2) is 24.7 Å². The summed E-state index contributed by atoms with van der Waals surface area (Å²) >= 11 is 0. The number of carbonyl (C=O) groups excluding carboxylic acids is 1. The van der Waals surface area contributed by atoms with Gasteiger partial charge in [-0.3, -0.25) is 4.79 Å². The van der Waals surface area contributed by atoms with E-state index < -0.39 is 61.3 Å². The molecule has 4 heterocycles. The van der Waals surface area contributed by atoms with E-state index in [-0.39, 0.29) is 11.4 Å². The number of rotatable bonds is 4. The van der Waals surface area contributed by atoms with Crippen molar-refractivity contribution in [2.24, 2.45) is 0 Å². The second-order valence-electron chi connectivity index (χ2n) is 6.95. The Bertz CT molecular complexity index is 1130. The van der Waals surface area contributed by atoms with E-state index in [2.05, 4.69) is 19.9 Å². The second kappa shape index (κ2) is 7.71. The van der Waals surface area contributed by atoms with Gasteiger partial charge in [-0.1, -0.05) is 0 Å². The van der Waals surface area contributed by atoms with Crippen LogP contribution in [0.4, 0.5) is 32.2 Å². The molecule has 2 N–H and O–H groups in total. The molecule has 2 atom stereocenters. The summed E-state index contributed by atoms with van der Waals surface area (Å²) in [5.74, 6) is -3.23. The minimum Gasteiger partial charge on any atom is -0.345 e. The number of alkyl halides is 4. The van der Waals surface area contributed by atoms with Gasteiger partial charge in [-0.15, -0.1) is 0 Å². The fourth-order valence-electron chi connectivity index (χ4n) is 3.42. The molecule has 0 aliphatic carbocycles. The van der Waals surface area contributed by atoms with Crippen LogP contribution in [0.25, 0.3) is 22.4 Å². The molecule has 1 aliphatic heterocycles. The number of nitrogens with zero attached hydrogens (tertiary/aromatic N) is 4. The van der Waals surface area contributed by atoms with Crippen molar-refractivity contribution in [1.82, 2.24) is 25.3 Å². The third kappa shape index (κ3) is 4.25. The molecule has 7 nitrogen and oxygen atoms in total. The van der Waals surface area contributed by atoms with Crippen LogP contribution in [0, 0.1) is 11.6 Å². The maximum Gasteiger partial charge on any atom is 0.405 e. The maximum atomic E-state index is 14.5. The van der Waals surface area contributed by atoms with Gasteiger partial charge in [-0.2, -0.15) is 13.2 Å². The van der Waals surface area contributed by atoms with Crippen LogP contribution >= 0.6 is 0 Å². The van der Waals surface area contributed by atoms with Gasteiger partial charge >= 0.3 is 6.18 Å². The molecule has 0 saturated carbocycles. The van der Waals surface area contributed by atoms with Crippen molar-refractivity contribution < 1.29 is 31.1 Å². The zero-order chi connectivity index (χ0) is 22.3. The summed E-state index contributed by atoms with van der Waals surface area (Å²) in [5, 5.41) is 1.99. The van der Waals surface area contributed by atoms with E-state index in [1.54, 1.807) is 5.32 Å². The Morgan fingerprint density at radius 2 is 2.03 bits per heavy atom. The highest BCUT2D eigenvalue weighted by atomic mass is 19.4. The zero-order valence-electron chi connectivity index (χ0n) is 15.6. The number of pyridine rings is 1. The van der Waals surface area contributed by atoms with Crippen molar-refractivity contribution in [2.45, 2.75) is 24.8 Å². The van der Waals surface area contributed by atoms with Crippen LogP contribution in [0.3, 0.4) is 0 Å². The molecule has 1 saturated heterocycles. The molecule has 31 heavy (non-hydrogen) atoms. The molecule has 1 aliphatic rings. The average molecular weight is 444 g/mol. The lowest BCUT2D eigenvalue weighted by atomic mass is 10.2. The molecule has 1 fully saturated rings. The molecule has 0 radical (unpaired) electrons. The first-order valence-corrected chi connectivity index (χ1v) is 9.03. The van der Waals surface area contributed by atoms with Crippen LogP contribution in [0.2, 0.25) is 0 Å². The Kier molecular flexibility index (Phi) is 5.19. The van der Waals surface area contributed by atoms with E-state index in [4.69, 9.17) is 0 Å². The van der Waals surface area contributed by atoms with Gasteiger partial charge in [0, 0.05) is 23.6 Å². The number of nitrogens with one attached hydrogen (secondary N) is 2. The summed E-state index contributed by atoms with van der Waals surface area (Å²) in [6.07, 6.45) is -3.45. The number of halogens is 6. The number of aromatic nitrogens is 4. The van der Waals surface area contributed by atoms with E-state index in [1.807, 2.05) is 0 Å². The van der Waals surface area contributed by atoms with Crippen LogP contribution in [-0.2, 0) is 4.79 Å². The van der Waals surface area contributed by atoms with Gasteiger partial charge in [0.2, 0.25) is 5.91 Å². The Morgan fingerprint density at radius 1 is 1.26 bits per heavy atom. The minimum atomic E-state index is -4.65. The van der Waals surface area contributed by atoms with Gasteiger partial charge in [0.1, 0.15) is 30.2 Å². The highest BCUT2D eigenvalue weighted by Gasteiger charge is 2.40.